The molecule has 72 valence electrons. The second-order valence-electron chi connectivity index (χ2n) is 4.45. The summed E-state index contributed by atoms with van der Waals surface area (Å²) in [6.45, 7) is 4.68. The number of allylic oxidation sites excluding steroid dienone is 4. The first-order chi connectivity index (χ1) is 6.36. The number of hydrogen-bond donors (Lipinski definition) is 0. The van der Waals surface area contributed by atoms with E-state index in [1.54, 1.807) is 5.57 Å². The average Bonchev–Trinajstić information content (AvgIpc) is 2.56. The van der Waals surface area contributed by atoms with E-state index in [0.29, 0.717) is 0 Å². The van der Waals surface area contributed by atoms with Crippen LogP contribution in [0.5, 0.6) is 0 Å². The van der Waals surface area contributed by atoms with Crippen molar-refractivity contribution in [1.82, 2.24) is 0 Å². The van der Waals surface area contributed by atoms with Crippen molar-refractivity contribution in [3.05, 3.63) is 23.8 Å². The van der Waals surface area contributed by atoms with Gasteiger partial charge in [0.2, 0.25) is 0 Å². The lowest BCUT2D eigenvalue weighted by Crippen LogP contribution is -2.09. The van der Waals surface area contributed by atoms with Crippen molar-refractivity contribution < 1.29 is 0 Å². The minimum atomic E-state index is 0.903. The fraction of sp³-hybridized carbons (Fsp3) is 0.692. The Morgan fingerprint density at radius 1 is 1.31 bits per heavy atom. The molecule has 0 heterocycles. The average molecular weight is 176 g/mol. The Hall–Kier alpha value is -0.520. The SMILES string of the molecule is CCC1CC(CC)C2CC=CC=C12. The van der Waals surface area contributed by atoms with Crippen molar-refractivity contribution in [2.45, 2.75) is 39.5 Å². The minimum absolute atomic E-state index is 0.903. The monoisotopic (exact) mass is 176 g/mol. The molecule has 0 amide bonds. The first-order valence-corrected chi connectivity index (χ1v) is 5.73. The summed E-state index contributed by atoms with van der Waals surface area (Å²) >= 11 is 0. The zero-order chi connectivity index (χ0) is 9.26. The van der Waals surface area contributed by atoms with Crippen LogP contribution in [0, 0.1) is 17.8 Å². The van der Waals surface area contributed by atoms with Crippen LogP contribution >= 0.6 is 0 Å². The summed E-state index contributed by atoms with van der Waals surface area (Å²) in [6, 6.07) is 0. The largest absolute Gasteiger partial charge is 0.0839 e. The zero-order valence-corrected chi connectivity index (χ0v) is 8.79. The number of hydrogen-bond acceptors (Lipinski definition) is 0. The Morgan fingerprint density at radius 3 is 2.85 bits per heavy atom. The Morgan fingerprint density at radius 2 is 2.15 bits per heavy atom. The Kier molecular flexibility index (Phi) is 2.57. The van der Waals surface area contributed by atoms with Gasteiger partial charge in [0.25, 0.3) is 0 Å². The molecule has 0 nitrogen and oxygen atoms in total. The molecule has 2 aliphatic carbocycles. The molecule has 0 aromatic heterocycles. The molecule has 0 bridgehead atoms. The van der Waals surface area contributed by atoms with E-state index < -0.39 is 0 Å². The highest BCUT2D eigenvalue weighted by molar-refractivity contribution is 5.27. The summed E-state index contributed by atoms with van der Waals surface area (Å²) < 4.78 is 0. The molecule has 0 saturated heterocycles. The lowest BCUT2D eigenvalue weighted by molar-refractivity contribution is 0.398. The lowest BCUT2D eigenvalue weighted by Gasteiger charge is -2.20. The third-order valence-corrected chi connectivity index (χ3v) is 3.89. The quantitative estimate of drug-likeness (QED) is 0.597. The van der Waals surface area contributed by atoms with Gasteiger partial charge < -0.3 is 0 Å². The molecule has 3 atom stereocenters. The Bertz CT molecular complexity index is 234. The molecular formula is C13H20. The van der Waals surface area contributed by atoms with Crippen molar-refractivity contribution in [2.75, 3.05) is 0 Å². The predicted molar refractivity (Wildman–Crippen MR) is 57.5 cm³/mol. The maximum Gasteiger partial charge on any atom is -0.0134 e. The van der Waals surface area contributed by atoms with E-state index in [0.717, 1.165) is 17.8 Å². The van der Waals surface area contributed by atoms with Crippen molar-refractivity contribution >= 4 is 0 Å². The van der Waals surface area contributed by atoms with Gasteiger partial charge in [0.05, 0.1) is 0 Å². The summed E-state index contributed by atoms with van der Waals surface area (Å²) in [4.78, 5) is 0. The normalized spacial score (nSPS) is 37.4. The second-order valence-corrected chi connectivity index (χ2v) is 4.45. The summed E-state index contributed by atoms with van der Waals surface area (Å²) in [6.07, 6.45) is 12.4. The third kappa shape index (κ3) is 1.47. The molecule has 0 aromatic carbocycles. The van der Waals surface area contributed by atoms with Crippen LogP contribution in [0.25, 0.3) is 0 Å². The minimum Gasteiger partial charge on any atom is -0.0839 e. The van der Waals surface area contributed by atoms with Gasteiger partial charge in [0.1, 0.15) is 0 Å². The van der Waals surface area contributed by atoms with Crippen molar-refractivity contribution in [1.29, 1.82) is 0 Å². The fourth-order valence-corrected chi connectivity index (χ4v) is 3.09. The molecule has 0 aliphatic heterocycles. The van der Waals surface area contributed by atoms with Gasteiger partial charge in [0.15, 0.2) is 0 Å². The molecular weight excluding hydrogens is 156 g/mol. The molecule has 1 fully saturated rings. The topological polar surface area (TPSA) is 0 Å². The van der Waals surface area contributed by atoms with Crippen LogP contribution in [0.4, 0.5) is 0 Å². The maximum absolute atomic E-state index is 2.39. The predicted octanol–water partition coefficient (Wildman–Crippen LogP) is 3.95. The summed E-state index contributed by atoms with van der Waals surface area (Å²) in [5.41, 5.74) is 1.76. The van der Waals surface area contributed by atoms with Crippen LogP contribution in [0.3, 0.4) is 0 Å². The van der Waals surface area contributed by atoms with Gasteiger partial charge in [-0.25, -0.2) is 0 Å². The summed E-state index contributed by atoms with van der Waals surface area (Å²) in [7, 11) is 0. The highest BCUT2D eigenvalue weighted by Gasteiger charge is 2.36. The maximum atomic E-state index is 2.39. The van der Waals surface area contributed by atoms with Gasteiger partial charge in [-0.05, 0) is 37.0 Å². The van der Waals surface area contributed by atoms with E-state index in [1.165, 1.54) is 25.7 Å². The van der Waals surface area contributed by atoms with E-state index in [-0.39, 0.29) is 0 Å². The van der Waals surface area contributed by atoms with Gasteiger partial charge >= 0.3 is 0 Å². The molecule has 0 spiro atoms. The van der Waals surface area contributed by atoms with E-state index in [2.05, 4.69) is 32.1 Å². The second kappa shape index (κ2) is 3.69. The van der Waals surface area contributed by atoms with Crippen LogP contribution in [0.15, 0.2) is 23.8 Å². The van der Waals surface area contributed by atoms with E-state index >= 15 is 0 Å². The zero-order valence-electron chi connectivity index (χ0n) is 8.79. The van der Waals surface area contributed by atoms with Crippen molar-refractivity contribution in [3.63, 3.8) is 0 Å². The van der Waals surface area contributed by atoms with Crippen LogP contribution in [0.2, 0.25) is 0 Å². The highest BCUT2D eigenvalue weighted by atomic mass is 14.4. The molecule has 0 radical (unpaired) electrons. The van der Waals surface area contributed by atoms with Crippen LogP contribution in [-0.4, -0.2) is 0 Å². The lowest BCUT2D eigenvalue weighted by atomic mass is 9.85. The van der Waals surface area contributed by atoms with Crippen molar-refractivity contribution in [3.8, 4) is 0 Å². The first-order valence-electron chi connectivity index (χ1n) is 5.73. The van der Waals surface area contributed by atoms with E-state index in [4.69, 9.17) is 0 Å². The Balaban J connectivity index is 2.20. The fourth-order valence-electron chi connectivity index (χ4n) is 3.09. The number of rotatable bonds is 2. The van der Waals surface area contributed by atoms with Gasteiger partial charge in [0, 0.05) is 0 Å². The van der Waals surface area contributed by atoms with Crippen molar-refractivity contribution in [2.24, 2.45) is 17.8 Å². The smallest absolute Gasteiger partial charge is 0.0134 e. The van der Waals surface area contributed by atoms with Crippen LogP contribution < -0.4 is 0 Å². The molecule has 1 saturated carbocycles. The van der Waals surface area contributed by atoms with Crippen LogP contribution in [-0.2, 0) is 0 Å². The molecule has 0 heteroatoms. The van der Waals surface area contributed by atoms with E-state index in [1.807, 2.05) is 0 Å². The molecule has 13 heavy (non-hydrogen) atoms. The Labute approximate surface area is 81.7 Å². The van der Waals surface area contributed by atoms with Gasteiger partial charge in [-0.1, -0.05) is 44.1 Å². The molecule has 0 N–H and O–H groups in total. The van der Waals surface area contributed by atoms with Gasteiger partial charge in [-0.15, -0.1) is 0 Å². The van der Waals surface area contributed by atoms with Gasteiger partial charge in [-0.2, -0.15) is 0 Å². The van der Waals surface area contributed by atoms with E-state index in [9.17, 15) is 0 Å². The van der Waals surface area contributed by atoms with Crippen LogP contribution in [0.1, 0.15) is 39.5 Å². The molecule has 3 unspecified atom stereocenters. The standard InChI is InChI=1S/C13H20/c1-3-10-9-11(4-2)13-8-6-5-7-12(10)13/h5-7,10-11,13H,3-4,8-9H2,1-2H3. The molecule has 2 aliphatic rings. The van der Waals surface area contributed by atoms with Gasteiger partial charge in [-0.3, -0.25) is 0 Å². The summed E-state index contributed by atoms with van der Waals surface area (Å²) in [5.74, 6) is 2.78. The summed E-state index contributed by atoms with van der Waals surface area (Å²) in [5, 5.41) is 0. The first kappa shape index (κ1) is 9.05. The number of fused-ring (bicyclic) bond motifs is 1. The third-order valence-electron chi connectivity index (χ3n) is 3.89. The highest BCUT2D eigenvalue weighted by Crippen LogP contribution is 2.47. The molecule has 0 aromatic rings. The molecule has 2 rings (SSSR count).